The highest BCUT2D eigenvalue weighted by Gasteiger charge is 2.13. The molecule has 1 heterocycles. The van der Waals surface area contributed by atoms with Gasteiger partial charge >= 0.3 is 0 Å². The topological polar surface area (TPSA) is 59.3 Å². The van der Waals surface area contributed by atoms with Gasteiger partial charge in [0.15, 0.2) is 5.76 Å². The van der Waals surface area contributed by atoms with Gasteiger partial charge in [0.05, 0.1) is 5.75 Å². The molecule has 4 nitrogen and oxygen atoms in total. The van der Waals surface area contributed by atoms with E-state index in [4.69, 9.17) is 4.42 Å². The summed E-state index contributed by atoms with van der Waals surface area (Å²) >= 11 is 0. The second-order valence-electron chi connectivity index (χ2n) is 6.15. The minimum atomic E-state index is -1.09. The van der Waals surface area contributed by atoms with E-state index in [0.29, 0.717) is 23.8 Å². The van der Waals surface area contributed by atoms with Crippen molar-refractivity contribution in [3.63, 3.8) is 0 Å². The van der Waals surface area contributed by atoms with Crippen LogP contribution in [0.5, 0.6) is 0 Å². The van der Waals surface area contributed by atoms with Crippen LogP contribution in [0.4, 0.5) is 0 Å². The molecule has 0 aliphatic rings. The zero-order valence-electron chi connectivity index (χ0n) is 14.6. The maximum absolute atomic E-state index is 12.3. The summed E-state index contributed by atoms with van der Waals surface area (Å²) in [6, 6.07) is 21.0. The first kappa shape index (κ1) is 18.1. The Morgan fingerprint density at radius 2 is 1.65 bits per heavy atom. The lowest BCUT2D eigenvalue weighted by Gasteiger charge is -2.03. The second kappa shape index (κ2) is 8.63. The molecule has 0 fully saturated rings. The van der Waals surface area contributed by atoms with Crippen LogP contribution in [-0.4, -0.2) is 10.1 Å². The molecular formula is C21H21NO3S. The van der Waals surface area contributed by atoms with Crippen molar-refractivity contribution < 1.29 is 13.4 Å². The average molecular weight is 367 g/mol. The van der Waals surface area contributed by atoms with Crippen LogP contribution in [0.15, 0.2) is 71.1 Å². The monoisotopic (exact) mass is 367 g/mol. The smallest absolute Gasteiger partial charge is 0.287 e. The van der Waals surface area contributed by atoms with Crippen LogP contribution in [0.1, 0.15) is 33.0 Å². The van der Waals surface area contributed by atoms with Crippen LogP contribution in [0.3, 0.4) is 0 Å². The number of hydrogen-bond donors (Lipinski definition) is 1. The fourth-order valence-electron chi connectivity index (χ4n) is 2.52. The highest BCUT2D eigenvalue weighted by molar-refractivity contribution is 7.83. The molecule has 3 rings (SSSR count). The Bertz CT molecular complexity index is 885. The minimum absolute atomic E-state index is 0.239. The largest absolute Gasteiger partial charge is 0.455 e. The van der Waals surface area contributed by atoms with Gasteiger partial charge < -0.3 is 9.73 Å². The number of carbonyl (C=O) groups is 1. The van der Waals surface area contributed by atoms with Gasteiger partial charge in [-0.05, 0) is 30.2 Å². The summed E-state index contributed by atoms with van der Waals surface area (Å²) in [4.78, 5) is 12.2. The maximum atomic E-state index is 12.3. The van der Waals surface area contributed by atoms with E-state index in [9.17, 15) is 9.00 Å². The molecule has 5 heteroatoms. The Balaban J connectivity index is 1.52. The number of hydrogen-bond acceptors (Lipinski definition) is 3. The molecule has 26 heavy (non-hydrogen) atoms. The fraction of sp³-hybridized carbons (Fsp3) is 0.190. The predicted molar refractivity (Wildman–Crippen MR) is 103 cm³/mol. The number of aryl methyl sites for hydroxylation is 1. The van der Waals surface area contributed by atoms with Gasteiger partial charge in [-0.3, -0.25) is 9.00 Å². The van der Waals surface area contributed by atoms with Gasteiger partial charge in [-0.15, -0.1) is 0 Å². The number of amides is 1. The molecular weight excluding hydrogens is 346 g/mol. The molecule has 0 saturated carbocycles. The quantitative estimate of drug-likeness (QED) is 0.687. The SMILES string of the molecule is Cc1ccc(C[S@](=O)Cc2ccc(C(=O)NCc3ccccc3)o2)cc1. The number of nitrogens with one attached hydrogen (secondary N) is 1. The molecule has 0 unspecified atom stereocenters. The third kappa shape index (κ3) is 5.17. The number of benzene rings is 2. The Kier molecular flexibility index (Phi) is 6.02. The van der Waals surface area contributed by atoms with Crippen LogP contribution in [0.2, 0.25) is 0 Å². The zero-order chi connectivity index (χ0) is 18.4. The second-order valence-corrected chi connectivity index (χ2v) is 7.61. The van der Waals surface area contributed by atoms with Gasteiger partial charge in [0, 0.05) is 23.1 Å². The summed E-state index contributed by atoms with van der Waals surface area (Å²) in [5, 5.41) is 2.82. The molecule has 0 aliphatic carbocycles. The van der Waals surface area contributed by atoms with E-state index in [1.807, 2.05) is 61.5 Å². The van der Waals surface area contributed by atoms with Crippen molar-refractivity contribution in [2.75, 3.05) is 0 Å². The predicted octanol–water partition coefficient (Wildman–Crippen LogP) is 3.97. The average Bonchev–Trinajstić information content (AvgIpc) is 3.11. The van der Waals surface area contributed by atoms with E-state index in [1.54, 1.807) is 12.1 Å². The minimum Gasteiger partial charge on any atom is -0.455 e. The van der Waals surface area contributed by atoms with Gasteiger partial charge in [0.2, 0.25) is 0 Å². The Morgan fingerprint density at radius 3 is 2.38 bits per heavy atom. The molecule has 0 saturated heterocycles. The van der Waals surface area contributed by atoms with E-state index in [-0.39, 0.29) is 11.7 Å². The summed E-state index contributed by atoms with van der Waals surface area (Å²) in [6.07, 6.45) is 0. The highest BCUT2D eigenvalue weighted by atomic mass is 32.2. The Hall–Kier alpha value is -2.66. The van der Waals surface area contributed by atoms with Crippen molar-refractivity contribution in [1.82, 2.24) is 5.32 Å². The molecule has 134 valence electrons. The van der Waals surface area contributed by atoms with Crippen LogP contribution >= 0.6 is 0 Å². The van der Waals surface area contributed by atoms with Crippen LogP contribution < -0.4 is 5.32 Å². The molecule has 1 amide bonds. The molecule has 1 N–H and O–H groups in total. The molecule has 0 bridgehead atoms. The molecule has 0 spiro atoms. The van der Waals surface area contributed by atoms with E-state index >= 15 is 0 Å². The van der Waals surface area contributed by atoms with Gasteiger partial charge in [-0.1, -0.05) is 60.2 Å². The zero-order valence-corrected chi connectivity index (χ0v) is 15.4. The molecule has 0 radical (unpaired) electrons. The van der Waals surface area contributed by atoms with Crippen molar-refractivity contribution in [1.29, 1.82) is 0 Å². The van der Waals surface area contributed by atoms with Gasteiger partial charge in [-0.25, -0.2) is 0 Å². The third-order valence-electron chi connectivity index (χ3n) is 3.93. The van der Waals surface area contributed by atoms with Crippen molar-refractivity contribution in [3.8, 4) is 0 Å². The number of rotatable bonds is 7. The lowest BCUT2D eigenvalue weighted by atomic mass is 10.2. The summed E-state index contributed by atoms with van der Waals surface area (Å²) in [5.74, 6) is 1.28. The lowest BCUT2D eigenvalue weighted by Crippen LogP contribution is -2.22. The summed E-state index contributed by atoms with van der Waals surface area (Å²) in [7, 11) is -1.09. The maximum Gasteiger partial charge on any atom is 0.287 e. The number of carbonyl (C=O) groups excluding carboxylic acids is 1. The van der Waals surface area contributed by atoms with E-state index < -0.39 is 10.8 Å². The van der Waals surface area contributed by atoms with Crippen molar-refractivity contribution in [2.45, 2.75) is 25.0 Å². The van der Waals surface area contributed by atoms with E-state index in [0.717, 1.165) is 11.1 Å². The molecule has 3 aromatic rings. The van der Waals surface area contributed by atoms with Crippen LogP contribution in [0.25, 0.3) is 0 Å². The van der Waals surface area contributed by atoms with Crippen molar-refractivity contribution in [3.05, 3.63) is 94.9 Å². The summed E-state index contributed by atoms with van der Waals surface area (Å²) < 4.78 is 17.9. The van der Waals surface area contributed by atoms with Gasteiger partial charge in [0.25, 0.3) is 5.91 Å². The molecule has 2 aromatic carbocycles. The first-order chi connectivity index (χ1) is 12.6. The molecule has 1 aromatic heterocycles. The first-order valence-corrected chi connectivity index (χ1v) is 9.90. The standard InChI is InChI=1S/C21H21NO3S/c1-16-7-9-18(10-8-16)14-26(24)15-19-11-12-20(25-19)21(23)22-13-17-5-3-2-4-6-17/h2-12H,13-15H2,1H3,(H,22,23)/t26-/m0/s1. The van der Waals surface area contributed by atoms with Gasteiger partial charge in [0.1, 0.15) is 5.76 Å². The lowest BCUT2D eigenvalue weighted by molar-refractivity contribution is 0.0921. The highest BCUT2D eigenvalue weighted by Crippen LogP contribution is 2.13. The van der Waals surface area contributed by atoms with Gasteiger partial charge in [-0.2, -0.15) is 0 Å². The van der Waals surface area contributed by atoms with Crippen LogP contribution in [0, 0.1) is 6.92 Å². The third-order valence-corrected chi connectivity index (χ3v) is 5.19. The first-order valence-electron chi connectivity index (χ1n) is 8.41. The normalized spacial score (nSPS) is 11.9. The number of furan rings is 1. The van der Waals surface area contributed by atoms with E-state index in [1.165, 1.54) is 5.56 Å². The summed E-state index contributed by atoms with van der Waals surface area (Å²) in [5.41, 5.74) is 3.23. The fourth-order valence-corrected chi connectivity index (χ4v) is 3.66. The molecule has 1 atom stereocenters. The van der Waals surface area contributed by atoms with Crippen molar-refractivity contribution >= 4 is 16.7 Å². The Labute approximate surface area is 155 Å². The Morgan fingerprint density at radius 1 is 0.923 bits per heavy atom. The van der Waals surface area contributed by atoms with E-state index in [2.05, 4.69) is 5.32 Å². The van der Waals surface area contributed by atoms with Crippen molar-refractivity contribution in [2.24, 2.45) is 0 Å². The molecule has 0 aliphatic heterocycles. The van der Waals surface area contributed by atoms with Crippen LogP contribution in [-0.2, 0) is 28.9 Å². The summed E-state index contributed by atoms with van der Waals surface area (Å²) in [6.45, 7) is 2.46.